The van der Waals surface area contributed by atoms with E-state index in [4.69, 9.17) is 37.4 Å². The molecule has 2 aromatic rings. The highest BCUT2D eigenvalue weighted by Gasteiger charge is 2.11. The molecule has 0 fully saturated rings. The van der Waals surface area contributed by atoms with Crippen molar-refractivity contribution in [3.8, 4) is 11.5 Å². The molecule has 0 bridgehead atoms. The van der Waals surface area contributed by atoms with Crippen molar-refractivity contribution in [2.75, 3.05) is 26.9 Å². The highest BCUT2D eigenvalue weighted by atomic mass is 79.9. The normalized spacial score (nSPS) is 10.9. The van der Waals surface area contributed by atoms with E-state index in [-0.39, 0.29) is 0 Å². The van der Waals surface area contributed by atoms with E-state index in [9.17, 15) is 0 Å². The number of benzene rings is 2. The van der Waals surface area contributed by atoms with Crippen LogP contribution in [0.25, 0.3) is 0 Å². The first kappa shape index (κ1) is 24.3. The number of rotatable bonds is 13. The molecule has 2 aromatic carbocycles. The Balaban J connectivity index is 1.87. The Hall–Kier alpha value is -0.980. The predicted molar refractivity (Wildman–Crippen MR) is 124 cm³/mol. The molecular formula is C22H28BrCl2NO3. The van der Waals surface area contributed by atoms with E-state index in [1.54, 1.807) is 19.2 Å². The zero-order valence-corrected chi connectivity index (χ0v) is 20.0. The lowest BCUT2D eigenvalue weighted by Gasteiger charge is -2.15. The van der Waals surface area contributed by atoms with Crippen molar-refractivity contribution < 1.29 is 14.2 Å². The van der Waals surface area contributed by atoms with Gasteiger partial charge in [0.15, 0.2) is 11.5 Å². The summed E-state index contributed by atoms with van der Waals surface area (Å²) in [4.78, 5) is 0. The number of halogens is 3. The summed E-state index contributed by atoms with van der Waals surface area (Å²) in [5.74, 6) is 1.33. The molecule has 0 atom stereocenters. The van der Waals surface area contributed by atoms with Gasteiger partial charge in [-0.1, -0.05) is 58.5 Å². The predicted octanol–water partition coefficient (Wildman–Crippen LogP) is 6.64. The molecule has 0 aliphatic rings. The minimum absolute atomic E-state index is 0.328. The molecule has 0 unspecified atom stereocenters. The Labute approximate surface area is 192 Å². The lowest BCUT2D eigenvalue weighted by molar-refractivity contribution is 0.128. The molecule has 0 saturated heterocycles. The van der Waals surface area contributed by atoms with E-state index < -0.39 is 0 Å². The van der Waals surface area contributed by atoms with E-state index in [0.29, 0.717) is 28.2 Å². The lowest BCUT2D eigenvalue weighted by Crippen LogP contribution is -2.17. The van der Waals surface area contributed by atoms with Crippen LogP contribution in [0.2, 0.25) is 10.0 Å². The molecule has 0 saturated carbocycles. The number of unbranched alkanes of at least 4 members (excludes halogenated alkanes) is 1. The van der Waals surface area contributed by atoms with Crippen LogP contribution < -0.4 is 14.8 Å². The fourth-order valence-electron chi connectivity index (χ4n) is 2.65. The highest BCUT2D eigenvalue weighted by molar-refractivity contribution is 9.10. The van der Waals surface area contributed by atoms with Gasteiger partial charge in [0.25, 0.3) is 0 Å². The van der Waals surface area contributed by atoms with Crippen molar-refractivity contribution in [1.82, 2.24) is 5.32 Å². The first-order valence-electron chi connectivity index (χ1n) is 9.76. The van der Waals surface area contributed by atoms with Crippen LogP contribution in [0.5, 0.6) is 11.5 Å². The SMILES string of the molecule is CCCCOCCCNCc1cc(OC)c(OCc2ccc(Cl)cc2Cl)cc1Br. The Morgan fingerprint density at radius 2 is 1.79 bits per heavy atom. The van der Waals surface area contributed by atoms with Gasteiger partial charge in [-0.3, -0.25) is 0 Å². The minimum Gasteiger partial charge on any atom is -0.493 e. The van der Waals surface area contributed by atoms with Crippen LogP contribution in [-0.4, -0.2) is 26.9 Å². The average Bonchev–Trinajstić information content (AvgIpc) is 2.70. The highest BCUT2D eigenvalue weighted by Crippen LogP contribution is 2.34. The van der Waals surface area contributed by atoms with Crippen molar-refractivity contribution in [1.29, 1.82) is 0 Å². The summed E-state index contributed by atoms with van der Waals surface area (Å²) in [5, 5.41) is 4.62. The summed E-state index contributed by atoms with van der Waals surface area (Å²) in [5.41, 5.74) is 1.96. The lowest BCUT2D eigenvalue weighted by atomic mass is 10.2. The summed E-state index contributed by atoms with van der Waals surface area (Å²) in [6.45, 7) is 5.76. The Morgan fingerprint density at radius 3 is 2.52 bits per heavy atom. The summed E-state index contributed by atoms with van der Waals surface area (Å²) in [6, 6.07) is 9.26. The molecule has 0 radical (unpaired) electrons. The standard InChI is InChI=1S/C22H28BrCl2NO3/c1-3-4-9-28-10-5-8-26-14-17-11-21(27-2)22(13-19(17)23)29-15-16-6-7-18(24)12-20(16)25/h6-7,11-13,26H,3-5,8-10,14-15H2,1-2H3. The van der Waals surface area contributed by atoms with Gasteiger partial charge in [-0.05, 0) is 49.2 Å². The van der Waals surface area contributed by atoms with Crippen LogP contribution in [-0.2, 0) is 17.9 Å². The van der Waals surface area contributed by atoms with Gasteiger partial charge in [0.05, 0.1) is 7.11 Å². The van der Waals surface area contributed by atoms with Gasteiger partial charge >= 0.3 is 0 Å². The Morgan fingerprint density at radius 1 is 1.00 bits per heavy atom. The first-order chi connectivity index (χ1) is 14.0. The number of ether oxygens (including phenoxy) is 3. The van der Waals surface area contributed by atoms with Crippen LogP contribution >= 0.6 is 39.1 Å². The topological polar surface area (TPSA) is 39.7 Å². The maximum atomic E-state index is 6.22. The minimum atomic E-state index is 0.328. The smallest absolute Gasteiger partial charge is 0.162 e. The second-order valence-corrected chi connectivity index (χ2v) is 8.31. The molecule has 4 nitrogen and oxygen atoms in total. The second kappa shape index (κ2) is 13.3. The van der Waals surface area contributed by atoms with E-state index >= 15 is 0 Å². The molecule has 0 aliphatic heterocycles. The Bertz CT molecular complexity index is 774. The van der Waals surface area contributed by atoms with Gasteiger partial charge in [0, 0.05) is 39.8 Å². The quantitative estimate of drug-likeness (QED) is 0.310. The average molecular weight is 505 g/mol. The van der Waals surface area contributed by atoms with Crippen molar-refractivity contribution in [3.63, 3.8) is 0 Å². The largest absolute Gasteiger partial charge is 0.493 e. The van der Waals surface area contributed by atoms with Crippen molar-refractivity contribution >= 4 is 39.1 Å². The maximum Gasteiger partial charge on any atom is 0.162 e. The zero-order valence-electron chi connectivity index (χ0n) is 16.9. The third kappa shape index (κ3) is 8.35. The van der Waals surface area contributed by atoms with E-state index in [1.165, 1.54) is 6.42 Å². The molecular weight excluding hydrogens is 477 g/mol. The fourth-order valence-corrected chi connectivity index (χ4v) is 3.58. The molecule has 160 valence electrons. The molecule has 0 aliphatic carbocycles. The third-order valence-electron chi connectivity index (χ3n) is 4.33. The molecule has 2 rings (SSSR count). The van der Waals surface area contributed by atoms with E-state index in [0.717, 1.165) is 54.7 Å². The van der Waals surface area contributed by atoms with Gasteiger partial charge in [0.2, 0.25) is 0 Å². The molecule has 0 aromatic heterocycles. The number of hydrogen-bond acceptors (Lipinski definition) is 4. The number of methoxy groups -OCH3 is 1. The number of hydrogen-bond donors (Lipinski definition) is 1. The van der Waals surface area contributed by atoms with Crippen molar-refractivity contribution in [3.05, 3.63) is 56.0 Å². The van der Waals surface area contributed by atoms with Crippen LogP contribution in [0.1, 0.15) is 37.3 Å². The van der Waals surface area contributed by atoms with Crippen molar-refractivity contribution in [2.45, 2.75) is 39.3 Å². The molecule has 29 heavy (non-hydrogen) atoms. The van der Waals surface area contributed by atoms with Crippen LogP contribution in [0.3, 0.4) is 0 Å². The molecule has 0 amide bonds. The third-order valence-corrected chi connectivity index (χ3v) is 5.66. The Kier molecular flexibility index (Phi) is 11.2. The van der Waals surface area contributed by atoms with Gasteiger partial charge in [-0.25, -0.2) is 0 Å². The molecule has 0 heterocycles. The van der Waals surface area contributed by atoms with Crippen LogP contribution in [0.4, 0.5) is 0 Å². The molecule has 0 spiro atoms. The summed E-state index contributed by atoms with van der Waals surface area (Å²) >= 11 is 15.8. The van der Waals surface area contributed by atoms with Gasteiger partial charge < -0.3 is 19.5 Å². The summed E-state index contributed by atoms with van der Waals surface area (Å²) in [6.07, 6.45) is 3.28. The summed E-state index contributed by atoms with van der Waals surface area (Å²) < 4.78 is 18.0. The van der Waals surface area contributed by atoms with Crippen LogP contribution in [0, 0.1) is 0 Å². The maximum absolute atomic E-state index is 6.22. The van der Waals surface area contributed by atoms with E-state index in [1.807, 2.05) is 18.2 Å². The molecule has 7 heteroatoms. The first-order valence-corrected chi connectivity index (χ1v) is 11.3. The van der Waals surface area contributed by atoms with Gasteiger partial charge in [0.1, 0.15) is 6.61 Å². The fraction of sp³-hybridized carbons (Fsp3) is 0.455. The monoisotopic (exact) mass is 503 g/mol. The van der Waals surface area contributed by atoms with Gasteiger partial charge in [-0.15, -0.1) is 0 Å². The van der Waals surface area contributed by atoms with Crippen molar-refractivity contribution in [2.24, 2.45) is 0 Å². The second-order valence-electron chi connectivity index (χ2n) is 6.62. The summed E-state index contributed by atoms with van der Waals surface area (Å²) in [7, 11) is 1.64. The number of nitrogens with one attached hydrogen (secondary N) is 1. The van der Waals surface area contributed by atoms with Crippen LogP contribution in [0.15, 0.2) is 34.8 Å². The zero-order chi connectivity index (χ0) is 21.1. The molecule has 1 N–H and O–H groups in total. The van der Waals surface area contributed by atoms with Gasteiger partial charge in [-0.2, -0.15) is 0 Å². The van der Waals surface area contributed by atoms with E-state index in [2.05, 4.69) is 28.2 Å².